The first-order valence-electron chi connectivity index (χ1n) is 6.47. The first kappa shape index (κ1) is 14.3. The van der Waals surface area contributed by atoms with Crippen LogP contribution in [0.2, 0.25) is 0 Å². The summed E-state index contributed by atoms with van der Waals surface area (Å²) < 4.78 is 5.44. The molecule has 2 atom stereocenters. The predicted octanol–water partition coefficient (Wildman–Crippen LogP) is 2.24. The van der Waals surface area contributed by atoms with Crippen molar-refractivity contribution in [2.75, 3.05) is 20.1 Å². The molecule has 0 bridgehead atoms. The Morgan fingerprint density at radius 2 is 2.06 bits per heavy atom. The molecule has 1 saturated heterocycles. The maximum atomic E-state index is 12.1. The average Bonchev–Trinajstić information content (AvgIpc) is 2.18. The van der Waals surface area contributed by atoms with Gasteiger partial charge in [-0.3, -0.25) is 0 Å². The molecule has 4 heteroatoms. The molecule has 0 saturated carbocycles. The van der Waals surface area contributed by atoms with Gasteiger partial charge in [-0.05, 0) is 60.0 Å². The Bertz CT molecular complexity index is 261. The lowest BCUT2D eigenvalue weighted by molar-refractivity contribution is 0.00558. The number of ether oxygens (including phenoxy) is 1. The highest BCUT2D eigenvalue weighted by atomic mass is 16.6. The van der Waals surface area contributed by atoms with Gasteiger partial charge in [-0.2, -0.15) is 0 Å². The molecular weight excluding hydrogens is 216 g/mol. The highest BCUT2D eigenvalue weighted by molar-refractivity contribution is 5.68. The minimum atomic E-state index is -0.410. The lowest BCUT2D eigenvalue weighted by atomic mass is 9.94. The number of nitrogens with zero attached hydrogens (tertiary/aromatic N) is 1. The third-order valence-electron chi connectivity index (χ3n) is 3.10. The van der Waals surface area contributed by atoms with E-state index in [1.165, 1.54) is 6.42 Å². The molecule has 100 valence electrons. The van der Waals surface area contributed by atoms with Crippen molar-refractivity contribution < 1.29 is 9.53 Å². The number of amides is 1. The van der Waals surface area contributed by atoms with Crippen LogP contribution in [0, 0.1) is 5.92 Å². The molecule has 0 radical (unpaired) electrons. The van der Waals surface area contributed by atoms with Crippen molar-refractivity contribution in [2.24, 2.45) is 5.92 Å². The number of rotatable bonds is 2. The van der Waals surface area contributed by atoms with Crippen LogP contribution in [-0.2, 0) is 4.74 Å². The highest BCUT2D eigenvalue weighted by Gasteiger charge is 2.31. The Morgan fingerprint density at radius 3 is 2.59 bits per heavy atom. The van der Waals surface area contributed by atoms with Gasteiger partial charge in [0.2, 0.25) is 0 Å². The number of likely N-dealkylation sites (tertiary alicyclic amines) is 1. The summed E-state index contributed by atoms with van der Waals surface area (Å²) in [6.07, 6.45) is 2.07. The molecule has 1 rings (SSSR count). The summed E-state index contributed by atoms with van der Waals surface area (Å²) >= 11 is 0. The molecule has 1 aliphatic rings. The first-order chi connectivity index (χ1) is 7.83. The minimum Gasteiger partial charge on any atom is -0.444 e. The lowest BCUT2D eigenvalue weighted by Crippen LogP contribution is -2.49. The number of nitrogens with one attached hydrogen (secondary N) is 1. The van der Waals surface area contributed by atoms with Crippen molar-refractivity contribution in [2.45, 2.75) is 52.2 Å². The zero-order valence-electron chi connectivity index (χ0n) is 11.7. The highest BCUT2D eigenvalue weighted by Crippen LogP contribution is 2.23. The molecule has 0 aromatic rings. The molecule has 0 unspecified atom stereocenters. The van der Waals surface area contributed by atoms with E-state index < -0.39 is 5.60 Å². The quantitative estimate of drug-likeness (QED) is 0.807. The van der Waals surface area contributed by atoms with E-state index in [-0.39, 0.29) is 12.1 Å². The normalized spacial score (nSPS) is 25.8. The molecule has 0 aromatic heterocycles. The van der Waals surface area contributed by atoms with Gasteiger partial charge < -0.3 is 15.0 Å². The molecule has 0 aliphatic carbocycles. The number of carbonyl (C=O) groups is 1. The van der Waals surface area contributed by atoms with Gasteiger partial charge >= 0.3 is 6.09 Å². The van der Waals surface area contributed by atoms with E-state index in [2.05, 4.69) is 12.2 Å². The van der Waals surface area contributed by atoms with E-state index in [1.807, 2.05) is 32.7 Å². The molecule has 0 spiro atoms. The number of hydrogen-bond acceptors (Lipinski definition) is 3. The van der Waals surface area contributed by atoms with Gasteiger partial charge in [-0.25, -0.2) is 4.79 Å². The number of hydrogen-bond donors (Lipinski definition) is 1. The van der Waals surface area contributed by atoms with Crippen molar-refractivity contribution in [1.29, 1.82) is 0 Å². The van der Waals surface area contributed by atoms with E-state index in [4.69, 9.17) is 4.74 Å². The molecule has 1 amide bonds. The van der Waals surface area contributed by atoms with Crippen LogP contribution in [0.5, 0.6) is 0 Å². The second-order valence-corrected chi connectivity index (χ2v) is 5.98. The Hall–Kier alpha value is -0.770. The molecule has 1 fully saturated rings. The first-order valence-corrected chi connectivity index (χ1v) is 6.47. The summed E-state index contributed by atoms with van der Waals surface area (Å²) in [6, 6.07) is 0.290. The van der Waals surface area contributed by atoms with E-state index in [0.29, 0.717) is 5.92 Å². The van der Waals surface area contributed by atoms with Crippen LogP contribution in [-0.4, -0.2) is 42.8 Å². The van der Waals surface area contributed by atoms with Crippen molar-refractivity contribution in [3.8, 4) is 0 Å². The standard InChI is InChI=1S/C13H26N2O2/c1-10-6-7-11(8-14-5)9-15(10)12(16)17-13(2,3)4/h10-11,14H,6-9H2,1-5H3/t10-,11+/m1/s1. The summed E-state index contributed by atoms with van der Waals surface area (Å²) in [5.74, 6) is 0.545. The van der Waals surface area contributed by atoms with Crippen molar-refractivity contribution in [1.82, 2.24) is 10.2 Å². The van der Waals surface area contributed by atoms with Gasteiger partial charge in [-0.1, -0.05) is 0 Å². The minimum absolute atomic E-state index is 0.175. The fraction of sp³-hybridized carbons (Fsp3) is 0.923. The average molecular weight is 242 g/mol. The zero-order chi connectivity index (χ0) is 13.1. The molecule has 0 aromatic carbocycles. The number of carbonyl (C=O) groups excluding carboxylic acids is 1. The van der Waals surface area contributed by atoms with Gasteiger partial charge in [0.15, 0.2) is 0 Å². The maximum Gasteiger partial charge on any atom is 0.410 e. The van der Waals surface area contributed by atoms with Crippen LogP contribution >= 0.6 is 0 Å². The van der Waals surface area contributed by atoms with Gasteiger partial charge in [0.1, 0.15) is 5.60 Å². The fourth-order valence-electron chi connectivity index (χ4n) is 2.21. The molecule has 1 aliphatic heterocycles. The monoisotopic (exact) mass is 242 g/mol. The molecule has 1 heterocycles. The van der Waals surface area contributed by atoms with Gasteiger partial charge in [0.25, 0.3) is 0 Å². The fourth-order valence-corrected chi connectivity index (χ4v) is 2.21. The van der Waals surface area contributed by atoms with Crippen LogP contribution in [0.15, 0.2) is 0 Å². The van der Waals surface area contributed by atoms with E-state index in [9.17, 15) is 4.79 Å². The molecule has 1 N–H and O–H groups in total. The van der Waals surface area contributed by atoms with E-state index >= 15 is 0 Å². The Morgan fingerprint density at radius 1 is 1.41 bits per heavy atom. The van der Waals surface area contributed by atoms with Crippen molar-refractivity contribution in [3.05, 3.63) is 0 Å². The van der Waals surface area contributed by atoms with Crippen LogP contribution in [0.25, 0.3) is 0 Å². The third kappa shape index (κ3) is 4.54. The van der Waals surface area contributed by atoms with E-state index in [1.54, 1.807) is 0 Å². The summed E-state index contributed by atoms with van der Waals surface area (Å²) in [5.41, 5.74) is -0.410. The summed E-state index contributed by atoms with van der Waals surface area (Å²) in [7, 11) is 1.95. The summed E-state index contributed by atoms with van der Waals surface area (Å²) in [4.78, 5) is 13.9. The van der Waals surface area contributed by atoms with Gasteiger partial charge in [0.05, 0.1) is 0 Å². The second kappa shape index (κ2) is 5.71. The van der Waals surface area contributed by atoms with E-state index in [0.717, 1.165) is 19.5 Å². The molecule has 17 heavy (non-hydrogen) atoms. The molecular formula is C13H26N2O2. The lowest BCUT2D eigenvalue weighted by Gasteiger charge is -2.38. The van der Waals surface area contributed by atoms with Crippen LogP contribution < -0.4 is 5.32 Å². The van der Waals surface area contributed by atoms with Crippen molar-refractivity contribution >= 4 is 6.09 Å². The zero-order valence-corrected chi connectivity index (χ0v) is 11.7. The van der Waals surface area contributed by atoms with Crippen LogP contribution in [0.4, 0.5) is 4.79 Å². The molecule has 4 nitrogen and oxygen atoms in total. The van der Waals surface area contributed by atoms with Crippen molar-refractivity contribution in [3.63, 3.8) is 0 Å². The van der Waals surface area contributed by atoms with Gasteiger partial charge in [0, 0.05) is 12.6 Å². The Kier molecular flexibility index (Phi) is 4.80. The Labute approximate surface area is 105 Å². The topological polar surface area (TPSA) is 41.6 Å². The summed E-state index contributed by atoms with van der Waals surface area (Å²) in [5, 5.41) is 3.18. The van der Waals surface area contributed by atoms with Gasteiger partial charge in [-0.15, -0.1) is 0 Å². The third-order valence-corrected chi connectivity index (χ3v) is 3.10. The summed E-state index contributed by atoms with van der Waals surface area (Å²) in [6.45, 7) is 9.59. The predicted molar refractivity (Wildman–Crippen MR) is 69.1 cm³/mol. The largest absolute Gasteiger partial charge is 0.444 e. The smallest absolute Gasteiger partial charge is 0.410 e. The number of piperidine rings is 1. The Balaban J connectivity index is 2.57. The second-order valence-electron chi connectivity index (χ2n) is 5.98. The maximum absolute atomic E-state index is 12.1. The van der Waals surface area contributed by atoms with Crippen LogP contribution in [0.3, 0.4) is 0 Å². The SMILES string of the molecule is CNC[C@@H]1CC[C@@H](C)N(C(=O)OC(C)(C)C)C1. The van der Waals surface area contributed by atoms with Crippen LogP contribution in [0.1, 0.15) is 40.5 Å².